The molecule has 0 radical (unpaired) electrons. The minimum atomic E-state index is -0.0114. The van der Waals surface area contributed by atoms with Crippen LogP contribution in [0.4, 0.5) is 0 Å². The van der Waals surface area contributed by atoms with Crippen LogP contribution in [0.25, 0.3) is 0 Å². The van der Waals surface area contributed by atoms with E-state index in [-0.39, 0.29) is 5.41 Å². The van der Waals surface area contributed by atoms with Crippen molar-refractivity contribution >= 4 is 22.9 Å². The van der Waals surface area contributed by atoms with Gasteiger partial charge in [-0.1, -0.05) is 43.6 Å². The van der Waals surface area contributed by atoms with E-state index < -0.39 is 0 Å². The van der Waals surface area contributed by atoms with Crippen LogP contribution in [0.5, 0.6) is 0 Å². The number of rotatable bonds is 5. The van der Waals surface area contributed by atoms with E-state index in [0.717, 1.165) is 28.6 Å². The standard InChI is InChI=1S/C15H19ClN2S/c1-15(2,9-11-5-3-4-6-13(11)16)14-18-12(7-8-17)10-19-14/h3-6,10H,7-9,17H2,1-2H3. The SMILES string of the molecule is CC(C)(Cc1ccccc1Cl)c1nc(CCN)cs1. The average molecular weight is 295 g/mol. The molecule has 0 atom stereocenters. The van der Waals surface area contributed by atoms with Gasteiger partial charge in [-0.05, 0) is 24.6 Å². The molecule has 0 saturated carbocycles. The minimum absolute atomic E-state index is 0.0114. The first-order chi connectivity index (χ1) is 9.03. The zero-order chi connectivity index (χ0) is 13.9. The van der Waals surface area contributed by atoms with Crippen molar-refractivity contribution in [3.63, 3.8) is 0 Å². The number of aromatic nitrogens is 1. The monoisotopic (exact) mass is 294 g/mol. The van der Waals surface area contributed by atoms with Crippen molar-refractivity contribution in [1.29, 1.82) is 0 Å². The Morgan fingerprint density at radius 3 is 2.74 bits per heavy atom. The summed E-state index contributed by atoms with van der Waals surface area (Å²) in [4.78, 5) is 4.69. The molecule has 0 aliphatic heterocycles. The molecule has 0 spiro atoms. The Labute approximate surface area is 123 Å². The Hall–Kier alpha value is -0.900. The van der Waals surface area contributed by atoms with Gasteiger partial charge in [0.15, 0.2) is 0 Å². The molecule has 0 unspecified atom stereocenters. The summed E-state index contributed by atoms with van der Waals surface area (Å²) in [6.07, 6.45) is 1.74. The number of halogens is 1. The number of nitrogens with zero attached hydrogens (tertiary/aromatic N) is 1. The molecule has 2 aromatic rings. The first kappa shape index (κ1) is 14.5. The smallest absolute Gasteiger partial charge is 0.0987 e. The van der Waals surface area contributed by atoms with E-state index in [2.05, 4.69) is 25.3 Å². The molecular formula is C15H19ClN2S. The maximum absolute atomic E-state index is 6.24. The van der Waals surface area contributed by atoms with Crippen LogP contribution in [-0.2, 0) is 18.3 Å². The summed E-state index contributed by atoms with van der Waals surface area (Å²) in [7, 11) is 0. The molecule has 0 aliphatic carbocycles. The molecule has 19 heavy (non-hydrogen) atoms. The third kappa shape index (κ3) is 3.56. The summed E-state index contributed by atoms with van der Waals surface area (Å²) in [6, 6.07) is 8.01. The van der Waals surface area contributed by atoms with E-state index in [4.69, 9.17) is 22.3 Å². The second kappa shape index (κ2) is 6.04. The fourth-order valence-electron chi connectivity index (χ4n) is 2.07. The van der Waals surface area contributed by atoms with Crippen LogP contribution in [0, 0.1) is 0 Å². The van der Waals surface area contributed by atoms with Gasteiger partial charge in [0.2, 0.25) is 0 Å². The van der Waals surface area contributed by atoms with Crippen molar-refractivity contribution in [2.24, 2.45) is 5.73 Å². The van der Waals surface area contributed by atoms with E-state index in [1.165, 1.54) is 5.56 Å². The van der Waals surface area contributed by atoms with Gasteiger partial charge < -0.3 is 5.73 Å². The Bertz CT molecular complexity index is 549. The molecule has 0 fully saturated rings. The molecule has 1 aromatic heterocycles. The zero-order valence-corrected chi connectivity index (χ0v) is 12.9. The average Bonchev–Trinajstić information content (AvgIpc) is 2.82. The lowest BCUT2D eigenvalue weighted by atomic mass is 9.86. The van der Waals surface area contributed by atoms with Gasteiger partial charge >= 0.3 is 0 Å². The molecule has 2 N–H and O–H groups in total. The predicted octanol–water partition coefficient (Wildman–Crippen LogP) is 3.82. The summed E-state index contributed by atoms with van der Waals surface area (Å²) in [5, 5.41) is 4.08. The largest absolute Gasteiger partial charge is 0.330 e. The van der Waals surface area contributed by atoms with Crippen molar-refractivity contribution < 1.29 is 0 Å². The molecule has 0 saturated heterocycles. The second-order valence-electron chi connectivity index (χ2n) is 5.33. The number of hydrogen-bond donors (Lipinski definition) is 1. The molecule has 2 rings (SSSR count). The quantitative estimate of drug-likeness (QED) is 0.910. The normalized spacial score (nSPS) is 11.8. The van der Waals surface area contributed by atoms with Crippen LogP contribution >= 0.6 is 22.9 Å². The first-order valence-electron chi connectivity index (χ1n) is 6.41. The van der Waals surface area contributed by atoms with Crippen LogP contribution in [0.2, 0.25) is 5.02 Å². The minimum Gasteiger partial charge on any atom is -0.330 e. The number of hydrogen-bond acceptors (Lipinski definition) is 3. The molecule has 102 valence electrons. The van der Waals surface area contributed by atoms with Crippen molar-refractivity contribution in [3.05, 3.63) is 50.9 Å². The van der Waals surface area contributed by atoms with Crippen LogP contribution in [0.1, 0.15) is 30.1 Å². The van der Waals surface area contributed by atoms with Crippen LogP contribution in [0.3, 0.4) is 0 Å². The Morgan fingerprint density at radius 1 is 1.32 bits per heavy atom. The fraction of sp³-hybridized carbons (Fsp3) is 0.400. The Morgan fingerprint density at radius 2 is 2.05 bits per heavy atom. The number of nitrogens with two attached hydrogens (primary N) is 1. The highest BCUT2D eigenvalue weighted by Crippen LogP contribution is 2.32. The molecule has 0 aliphatic rings. The topological polar surface area (TPSA) is 38.9 Å². The van der Waals surface area contributed by atoms with Crippen molar-refractivity contribution in [3.8, 4) is 0 Å². The molecule has 4 heteroatoms. The highest BCUT2D eigenvalue weighted by molar-refractivity contribution is 7.09. The van der Waals surface area contributed by atoms with Gasteiger partial charge in [0.1, 0.15) is 0 Å². The molecule has 1 heterocycles. The predicted molar refractivity (Wildman–Crippen MR) is 83.1 cm³/mol. The van der Waals surface area contributed by atoms with Gasteiger partial charge in [0.25, 0.3) is 0 Å². The second-order valence-corrected chi connectivity index (χ2v) is 6.60. The summed E-state index contributed by atoms with van der Waals surface area (Å²) >= 11 is 7.95. The molecule has 1 aromatic carbocycles. The van der Waals surface area contributed by atoms with E-state index >= 15 is 0 Å². The van der Waals surface area contributed by atoms with Crippen LogP contribution < -0.4 is 5.73 Å². The number of thiazole rings is 1. The molecule has 2 nitrogen and oxygen atoms in total. The van der Waals surface area contributed by atoms with Gasteiger partial charge in [0, 0.05) is 22.2 Å². The maximum Gasteiger partial charge on any atom is 0.0987 e. The third-order valence-corrected chi connectivity index (χ3v) is 4.75. The fourth-order valence-corrected chi connectivity index (χ4v) is 3.26. The van der Waals surface area contributed by atoms with Gasteiger partial charge in [0.05, 0.1) is 10.7 Å². The molecule has 0 amide bonds. The summed E-state index contributed by atoms with van der Waals surface area (Å²) in [5.74, 6) is 0. The van der Waals surface area contributed by atoms with Gasteiger partial charge in [-0.25, -0.2) is 4.98 Å². The lowest BCUT2D eigenvalue weighted by Crippen LogP contribution is -2.20. The van der Waals surface area contributed by atoms with E-state index in [1.807, 2.05) is 18.2 Å². The highest BCUT2D eigenvalue weighted by Gasteiger charge is 2.25. The Kier molecular flexibility index (Phi) is 4.61. The van der Waals surface area contributed by atoms with Crippen molar-refractivity contribution in [1.82, 2.24) is 4.98 Å². The molecular weight excluding hydrogens is 276 g/mol. The Balaban J connectivity index is 2.19. The molecule has 0 bridgehead atoms. The zero-order valence-electron chi connectivity index (χ0n) is 11.3. The summed E-state index contributed by atoms with van der Waals surface area (Å²) in [5.41, 5.74) is 7.82. The maximum atomic E-state index is 6.24. The van der Waals surface area contributed by atoms with Crippen molar-refractivity contribution in [2.75, 3.05) is 6.54 Å². The van der Waals surface area contributed by atoms with E-state index in [9.17, 15) is 0 Å². The lowest BCUT2D eigenvalue weighted by Gasteiger charge is -2.22. The highest BCUT2D eigenvalue weighted by atomic mass is 35.5. The lowest BCUT2D eigenvalue weighted by molar-refractivity contribution is 0.517. The third-order valence-electron chi connectivity index (χ3n) is 3.12. The van der Waals surface area contributed by atoms with Crippen molar-refractivity contribution in [2.45, 2.75) is 32.1 Å². The van der Waals surface area contributed by atoms with Gasteiger partial charge in [-0.2, -0.15) is 0 Å². The van der Waals surface area contributed by atoms with E-state index in [1.54, 1.807) is 11.3 Å². The first-order valence-corrected chi connectivity index (χ1v) is 7.67. The number of benzene rings is 1. The summed E-state index contributed by atoms with van der Waals surface area (Å²) in [6.45, 7) is 5.07. The van der Waals surface area contributed by atoms with Crippen LogP contribution in [-0.4, -0.2) is 11.5 Å². The summed E-state index contributed by atoms with van der Waals surface area (Å²) < 4.78 is 0. The van der Waals surface area contributed by atoms with E-state index in [0.29, 0.717) is 6.54 Å². The van der Waals surface area contributed by atoms with Gasteiger partial charge in [-0.15, -0.1) is 11.3 Å². The van der Waals surface area contributed by atoms with Gasteiger partial charge in [-0.3, -0.25) is 0 Å². The van der Waals surface area contributed by atoms with Crippen LogP contribution in [0.15, 0.2) is 29.6 Å².